The molecule has 1 aromatic carbocycles. The second kappa shape index (κ2) is 6.64. The van der Waals surface area contributed by atoms with E-state index in [1.807, 2.05) is 59.0 Å². The number of ether oxygens (including phenoxy) is 1. The lowest BCUT2D eigenvalue weighted by Gasteiger charge is -2.10. The largest absolute Gasteiger partial charge is 0.491 e. The average Bonchev–Trinajstić information content (AvgIpc) is 2.70. The van der Waals surface area contributed by atoms with E-state index in [-0.39, 0.29) is 12.0 Å². The highest BCUT2D eigenvalue weighted by molar-refractivity contribution is 5.96. The average molecular weight is 301 g/mol. The van der Waals surface area contributed by atoms with Gasteiger partial charge in [-0.25, -0.2) is 0 Å². The van der Waals surface area contributed by atoms with E-state index in [1.165, 1.54) is 0 Å². The molecule has 0 fully saturated rings. The van der Waals surface area contributed by atoms with Gasteiger partial charge in [0.1, 0.15) is 5.75 Å². The van der Waals surface area contributed by atoms with Crippen LogP contribution in [0.25, 0.3) is 0 Å². The highest BCUT2D eigenvalue weighted by atomic mass is 16.5. The summed E-state index contributed by atoms with van der Waals surface area (Å²) in [4.78, 5) is 12.3. The summed E-state index contributed by atoms with van der Waals surface area (Å²) >= 11 is 0. The second-order valence-electron chi connectivity index (χ2n) is 5.66. The van der Waals surface area contributed by atoms with Gasteiger partial charge in [0, 0.05) is 19.3 Å². The number of hydrogen-bond acceptors (Lipinski definition) is 3. The van der Waals surface area contributed by atoms with Crippen LogP contribution in [0.5, 0.6) is 5.75 Å². The van der Waals surface area contributed by atoms with E-state index in [0.717, 1.165) is 22.7 Å². The number of amides is 1. The van der Waals surface area contributed by atoms with E-state index in [4.69, 9.17) is 4.74 Å². The predicted octanol–water partition coefficient (Wildman–Crippen LogP) is 2.75. The first-order valence-electron chi connectivity index (χ1n) is 7.42. The van der Waals surface area contributed by atoms with Gasteiger partial charge in [-0.15, -0.1) is 0 Å². The Kier molecular flexibility index (Phi) is 4.85. The van der Waals surface area contributed by atoms with Gasteiger partial charge in [0.05, 0.1) is 17.4 Å². The molecule has 0 bridgehead atoms. The molecule has 1 heterocycles. The fourth-order valence-corrected chi connectivity index (χ4v) is 2.33. The molecule has 0 saturated carbocycles. The van der Waals surface area contributed by atoms with Crippen LogP contribution in [0.4, 0.5) is 0 Å². The zero-order chi connectivity index (χ0) is 16.3. The number of carbonyl (C=O) groups is 1. The Balaban J connectivity index is 1.99. The lowest BCUT2D eigenvalue weighted by molar-refractivity contribution is 0.0949. The topological polar surface area (TPSA) is 56.2 Å². The summed E-state index contributed by atoms with van der Waals surface area (Å²) in [5.41, 5.74) is 3.31. The lowest BCUT2D eigenvalue weighted by Crippen LogP contribution is -2.24. The van der Waals surface area contributed by atoms with Crippen LogP contribution in [-0.4, -0.2) is 21.8 Å². The molecule has 0 atom stereocenters. The first kappa shape index (κ1) is 16.1. The fourth-order valence-electron chi connectivity index (χ4n) is 2.33. The van der Waals surface area contributed by atoms with E-state index < -0.39 is 0 Å². The van der Waals surface area contributed by atoms with Crippen LogP contribution < -0.4 is 10.1 Å². The Morgan fingerprint density at radius 1 is 1.27 bits per heavy atom. The lowest BCUT2D eigenvalue weighted by atomic mass is 10.1. The molecule has 5 heteroatoms. The summed E-state index contributed by atoms with van der Waals surface area (Å²) < 4.78 is 7.32. The van der Waals surface area contributed by atoms with E-state index in [0.29, 0.717) is 12.1 Å². The summed E-state index contributed by atoms with van der Waals surface area (Å²) in [6, 6.07) is 7.76. The van der Waals surface area contributed by atoms with Gasteiger partial charge in [0.15, 0.2) is 0 Å². The molecule has 1 N–H and O–H groups in total. The van der Waals surface area contributed by atoms with Gasteiger partial charge in [0.25, 0.3) is 5.91 Å². The number of hydrogen-bond donors (Lipinski definition) is 1. The highest BCUT2D eigenvalue weighted by Gasteiger charge is 2.16. The van der Waals surface area contributed by atoms with Gasteiger partial charge in [-0.2, -0.15) is 5.10 Å². The van der Waals surface area contributed by atoms with Gasteiger partial charge in [-0.3, -0.25) is 9.48 Å². The molecule has 0 radical (unpaired) electrons. The standard InChI is InChI=1S/C17H23N3O2/c1-11(2)22-15-8-6-14(7-9-15)10-18-17(21)16-12(3)19-20(5)13(16)4/h6-9,11H,10H2,1-5H3,(H,18,21). The van der Waals surface area contributed by atoms with Gasteiger partial charge in [0.2, 0.25) is 0 Å². The minimum absolute atomic E-state index is 0.0920. The van der Waals surface area contributed by atoms with Gasteiger partial charge in [-0.05, 0) is 45.4 Å². The summed E-state index contributed by atoms with van der Waals surface area (Å²) in [6.45, 7) is 8.21. The molecule has 22 heavy (non-hydrogen) atoms. The summed E-state index contributed by atoms with van der Waals surface area (Å²) in [6.07, 6.45) is 0.155. The molecule has 0 saturated heterocycles. The van der Waals surface area contributed by atoms with E-state index in [9.17, 15) is 4.79 Å². The van der Waals surface area contributed by atoms with Crippen molar-refractivity contribution in [2.24, 2.45) is 7.05 Å². The van der Waals surface area contributed by atoms with E-state index in [1.54, 1.807) is 4.68 Å². The highest BCUT2D eigenvalue weighted by Crippen LogP contribution is 2.15. The Morgan fingerprint density at radius 2 is 1.91 bits per heavy atom. The number of aromatic nitrogens is 2. The van der Waals surface area contributed by atoms with Crippen molar-refractivity contribution < 1.29 is 9.53 Å². The Bertz CT molecular complexity index is 657. The molecule has 5 nitrogen and oxygen atoms in total. The molecule has 0 aliphatic heterocycles. The van der Waals surface area contributed by atoms with E-state index >= 15 is 0 Å². The van der Waals surface area contributed by atoms with Gasteiger partial charge < -0.3 is 10.1 Å². The van der Waals surface area contributed by atoms with Crippen molar-refractivity contribution in [3.63, 3.8) is 0 Å². The van der Waals surface area contributed by atoms with Gasteiger partial charge in [-0.1, -0.05) is 12.1 Å². The first-order chi connectivity index (χ1) is 10.4. The molecule has 118 valence electrons. The quantitative estimate of drug-likeness (QED) is 0.924. The van der Waals surface area contributed by atoms with Crippen molar-refractivity contribution in [1.82, 2.24) is 15.1 Å². The Labute approximate surface area is 131 Å². The van der Waals surface area contributed by atoms with Crippen molar-refractivity contribution in [1.29, 1.82) is 0 Å². The molecule has 0 spiro atoms. The minimum atomic E-state index is -0.0920. The molecule has 2 aromatic rings. The van der Waals surface area contributed by atoms with Crippen LogP contribution in [0, 0.1) is 13.8 Å². The number of aryl methyl sites for hydroxylation is 2. The smallest absolute Gasteiger partial charge is 0.255 e. The third kappa shape index (κ3) is 3.67. The van der Waals surface area contributed by atoms with Crippen LogP contribution in [0.15, 0.2) is 24.3 Å². The third-order valence-corrected chi connectivity index (χ3v) is 3.48. The zero-order valence-electron chi connectivity index (χ0n) is 13.8. The number of nitrogens with zero attached hydrogens (tertiary/aromatic N) is 2. The maximum absolute atomic E-state index is 12.3. The molecular weight excluding hydrogens is 278 g/mol. The summed E-state index contributed by atoms with van der Waals surface area (Å²) in [5.74, 6) is 0.745. The fraction of sp³-hybridized carbons (Fsp3) is 0.412. The summed E-state index contributed by atoms with van der Waals surface area (Å²) in [7, 11) is 1.84. The monoisotopic (exact) mass is 301 g/mol. The number of rotatable bonds is 5. The van der Waals surface area contributed by atoms with Gasteiger partial charge >= 0.3 is 0 Å². The number of carbonyl (C=O) groups excluding carboxylic acids is 1. The van der Waals surface area contributed by atoms with Crippen molar-refractivity contribution in [2.75, 3.05) is 0 Å². The van der Waals surface area contributed by atoms with Crippen molar-refractivity contribution in [3.05, 3.63) is 46.8 Å². The summed E-state index contributed by atoms with van der Waals surface area (Å²) in [5, 5.41) is 7.20. The molecule has 1 aromatic heterocycles. The molecule has 0 aliphatic carbocycles. The zero-order valence-corrected chi connectivity index (χ0v) is 13.8. The number of nitrogens with one attached hydrogen (secondary N) is 1. The minimum Gasteiger partial charge on any atom is -0.491 e. The van der Waals surface area contributed by atoms with Crippen LogP contribution in [0.3, 0.4) is 0 Å². The maximum Gasteiger partial charge on any atom is 0.255 e. The number of benzene rings is 1. The molecule has 2 rings (SSSR count). The Hall–Kier alpha value is -2.30. The van der Waals surface area contributed by atoms with E-state index in [2.05, 4.69) is 10.4 Å². The third-order valence-electron chi connectivity index (χ3n) is 3.48. The predicted molar refractivity (Wildman–Crippen MR) is 86.1 cm³/mol. The van der Waals surface area contributed by atoms with Crippen LogP contribution in [-0.2, 0) is 13.6 Å². The molecule has 0 aliphatic rings. The maximum atomic E-state index is 12.3. The van der Waals surface area contributed by atoms with Crippen LogP contribution in [0.1, 0.15) is 41.2 Å². The first-order valence-corrected chi connectivity index (χ1v) is 7.42. The van der Waals surface area contributed by atoms with Crippen LogP contribution in [0.2, 0.25) is 0 Å². The second-order valence-corrected chi connectivity index (χ2v) is 5.66. The van der Waals surface area contributed by atoms with Crippen molar-refractivity contribution in [2.45, 2.75) is 40.3 Å². The van der Waals surface area contributed by atoms with Crippen LogP contribution >= 0.6 is 0 Å². The SMILES string of the molecule is Cc1nn(C)c(C)c1C(=O)NCc1ccc(OC(C)C)cc1. The van der Waals surface area contributed by atoms with Crippen molar-refractivity contribution in [3.8, 4) is 5.75 Å². The van der Waals surface area contributed by atoms with Crippen molar-refractivity contribution >= 4 is 5.91 Å². The normalized spacial score (nSPS) is 10.8. The molecule has 1 amide bonds. The molecule has 0 unspecified atom stereocenters. The molecular formula is C17H23N3O2. The Morgan fingerprint density at radius 3 is 2.41 bits per heavy atom.